The molecule has 1 atom stereocenters. The zero-order valence-electron chi connectivity index (χ0n) is 12.9. The van der Waals surface area contributed by atoms with Gasteiger partial charge in [0.2, 0.25) is 0 Å². The van der Waals surface area contributed by atoms with Crippen molar-refractivity contribution >= 4 is 0 Å². The van der Waals surface area contributed by atoms with Crippen LogP contribution >= 0.6 is 0 Å². The highest BCUT2D eigenvalue weighted by molar-refractivity contribution is 5.27. The summed E-state index contributed by atoms with van der Waals surface area (Å²) in [6.07, 6.45) is 3.15. The van der Waals surface area contributed by atoms with Crippen LogP contribution in [0.5, 0.6) is 0 Å². The van der Waals surface area contributed by atoms with Gasteiger partial charge in [0.15, 0.2) is 0 Å². The van der Waals surface area contributed by atoms with Crippen LogP contribution < -0.4 is 5.32 Å². The van der Waals surface area contributed by atoms with Crippen molar-refractivity contribution in [3.05, 3.63) is 71.0 Å². The molecule has 21 heavy (non-hydrogen) atoms. The van der Waals surface area contributed by atoms with Crippen molar-refractivity contribution in [2.45, 2.75) is 39.2 Å². The van der Waals surface area contributed by atoms with E-state index in [1.165, 1.54) is 11.1 Å². The van der Waals surface area contributed by atoms with E-state index in [0.717, 1.165) is 31.4 Å². The lowest BCUT2D eigenvalue weighted by atomic mass is 9.97. The minimum absolute atomic E-state index is 0.129. The molecule has 0 aliphatic carbocycles. The molecule has 0 spiro atoms. The molecule has 0 bridgehead atoms. The highest BCUT2D eigenvalue weighted by Crippen LogP contribution is 2.21. The van der Waals surface area contributed by atoms with Gasteiger partial charge < -0.3 is 5.32 Å². The van der Waals surface area contributed by atoms with Gasteiger partial charge in [-0.2, -0.15) is 0 Å². The van der Waals surface area contributed by atoms with Gasteiger partial charge in [-0.15, -0.1) is 0 Å². The lowest BCUT2D eigenvalue weighted by Gasteiger charge is -2.20. The van der Waals surface area contributed by atoms with Gasteiger partial charge in [-0.1, -0.05) is 49.4 Å². The van der Waals surface area contributed by atoms with Crippen molar-refractivity contribution in [1.82, 2.24) is 5.32 Å². The molecule has 0 aromatic heterocycles. The molecule has 0 saturated heterocycles. The van der Waals surface area contributed by atoms with E-state index >= 15 is 0 Å². The molecule has 1 N–H and O–H groups in total. The maximum Gasteiger partial charge on any atom is 0.126 e. The van der Waals surface area contributed by atoms with E-state index in [2.05, 4.69) is 36.5 Å². The van der Waals surface area contributed by atoms with Crippen LogP contribution in [0.3, 0.4) is 0 Å². The summed E-state index contributed by atoms with van der Waals surface area (Å²) in [6, 6.07) is 16.2. The smallest absolute Gasteiger partial charge is 0.126 e. The third kappa shape index (κ3) is 4.68. The molecule has 2 heteroatoms. The lowest BCUT2D eigenvalue weighted by molar-refractivity contribution is 0.497. The Morgan fingerprint density at radius 1 is 1.10 bits per heavy atom. The second kappa shape index (κ2) is 7.94. The van der Waals surface area contributed by atoms with Crippen LogP contribution in [0.1, 0.15) is 42.5 Å². The lowest BCUT2D eigenvalue weighted by Crippen LogP contribution is -2.23. The molecule has 1 unspecified atom stereocenters. The van der Waals surface area contributed by atoms with Crippen LogP contribution in [0.15, 0.2) is 48.5 Å². The molecule has 0 aliphatic rings. The maximum absolute atomic E-state index is 13.4. The number of rotatable bonds is 7. The van der Waals surface area contributed by atoms with Crippen molar-refractivity contribution in [2.75, 3.05) is 6.54 Å². The van der Waals surface area contributed by atoms with Crippen LogP contribution in [0.2, 0.25) is 0 Å². The first kappa shape index (κ1) is 15.7. The number of benzene rings is 2. The number of halogens is 1. The van der Waals surface area contributed by atoms with E-state index in [1.54, 1.807) is 6.07 Å². The van der Waals surface area contributed by atoms with Gasteiger partial charge >= 0.3 is 0 Å². The van der Waals surface area contributed by atoms with E-state index in [-0.39, 0.29) is 11.9 Å². The standard InChI is InChI=1S/C19H24FN/c1-3-13-21-19(12-9-16-7-5-4-6-8-16)17-10-11-18(20)15(2)14-17/h4-8,10-11,14,19,21H,3,9,12-13H2,1-2H3. The predicted molar refractivity (Wildman–Crippen MR) is 86.9 cm³/mol. The highest BCUT2D eigenvalue weighted by atomic mass is 19.1. The quantitative estimate of drug-likeness (QED) is 0.770. The Kier molecular flexibility index (Phi) is 5.94. The second-order valence-corrected chi connectivity index (χ2v) is 5.54. The first-order valence-electron chi connectivity index (χ1n) is 7.74. The second-order valence-electron chi connectivity index (χ2n) is 5.54. The van der Waals surface area contributed by atoms with Gasteiger partial charge in [0.1, 0.15) is 5.82 Å². The maximum atomic E-state index is 13.4. The first-order chi connectivity index (χ1) is 10.2. The fourth-order valence-electron chi connectivity index (χ4n) is 2.55. The Bertz CT molecular complexity index is 551. The Hall–Kier alpha value is -1.67. The highest BCUT2D eigenvalue weighted by Gasteiger charge is 2.12. The van der Waals surface area contributed by atoms with Crippen LogP contribution in [0.25, 0.3) is 0 Å². The topological polar surface area (TPSA) is 12.0 Å². The van der Waals surface area contributed by atoms with Gasteiger partial charge in [0, 0.05) is 6.04 Å². The summed E-state index contributed by atoms with van der Waals surface area (Å²) in [5.41, 5.74) is 3.24. The molecule has 112 valence electrons. The third-order valence-electron chi connectivity index (χ3n) is 3.79. The molecule has 2 aromatic carbocycles. The fraction of sp³-hybridized carbons (Fsp3) is 0.368. The monoisotopic (exact) mass is 285 g/mol. The van der Waals surface area contributed by atoms with Gasteiger partial charge in [-0.05, 0) is 55.5 Å². The van der Waals surface area contributed by atoms with E-state index < -0.39 is 0 Å². The average molecular weight is 285 g/mol. The minimum Gasteiger partial charge on any atom is -0.310 e. The zero-order chi connectivity index (χ0) is 15.1. The molecule has 1 nitrogen and oxygen atoms in total. The summed E-state index contributed by atoms with van der Waals surface area (Å²) in [5.74, 6) is -0.129. The van der Waals surface area contributed by atoms with E-state index in [1.807, 2.05) is 25.1 Å². The van der Waals surface area contributed by atoms with Crippen molar-refractivity contribution < 1.29 is 4.39 Å². The van der Waals surface area contributed by atoms with Crippen molar-refractivity contribution in [1.29, 1.82) is 0 Å². The minimum atomic E-state index is -0.129. The van der Waals surface area contributed by atoms with Gasteiger partial charge in [-0.3, -0.25) is 0 Å². The summed E-state index contributed by atoms with van der Waals surface area (Å²) < 4.78 is 13.4. The SMILES string of the molecule is CCCNC(CCc1ccccc1)c1ccc(F)c(C)c1. The van der Waals surface area contributed by atoms with Crippen molar-refractivity contribution in [3.8, 4) is 0 Å². The molecule has 2 rings (SSSR count). The van der Waals surface area contributed by atoms with Gasteiger partial charge in [0.25, 0.3) is 0 Å². The number of aryl methyl sites for hydroxylation is 2. The van der Waals surface area contributed by atoms with E-state index in [4.69, 9.17) is 0 Å². The molecular weight excluding hydrogens is 261 g/mol. The molecule has 0 saturated carbocycles. The van der Waals surface area contributed by atoms with Crippen molar-refractivity contribution in [2.24, 2.45) is 0 Å². The third-order valence-corrected chi connectivity index (χ3v) is 3.79. The Balaban J connectivity index is 2.08. The van der Waals surface area contributed by atoms with Crippen LogP contribution in [0, 0.1) is 12.7 Å². The van der Waals surface area contributed by atoms with Gasteiger partial charge in [-0.25, -0.2) is 4.39 Å². The molecule has 0 aliphatic heterocycles. The molecular formula is C19H24FN. The summed E-state index contributed by atoms with van der Waals surface area (Å²) >= 11 is 0. The number of hydrogen-bond donors (Lipinski definition) is 1. The Labute approximate surface area is 127 Å². The zero-order valence-corrected chi connectivity index (χ0v) is 12.9. The summed E-state index contributed by atoms with van der Waals surface area (Å²) in [6.45, 7) is 4.97. The van der Waals surface area contributed by atoms with Crippen molar-refractivity contribution in [3.63, 3.8) is 0 Å². The predicted octanol–water partition coefficient (Wildman–Crippen LogP) is 4.81. The Morgan fingerprint density at radius 3 is 2.52 bits per heavy atom. The van der Waals surface area contributed by atoms with E-state index in [9.17, 15) is 4.39 Å². The first-order valence-corrected chi connectivity index (χ1v) is 7.74. The van der Waals surface area contributed by atoms with Gasteiger partial charge in [0.05, 0.1) is 0 Å². The van der Waals surface area contributed by atoms with E-state index in [0.29, 0.717) is 0 Å². The molecule has 0 amide bonds. The average Bonchev–Trinajstić information content (AvgIpc) is 2.51. The summed E-state index contributed by atoms with van der Waals surface area (Å²) in [5, 5.41) is 3.58. The largest absolute Gasteiger partial charge is 0.310 e. The van der Waals surface area contributed by atoms with Crippen LogP contribution in [-0.4, -0.2) is 6.54 Å². The van der Waals surface area contributed by atoms with Crippen LogP contribution in [-0.2, 0) is 6.42 Å². The summed E-state index contributed by atoms with van der Waals surface area (Å²) in [4.78, 5) is 0. The Morgan fingerprint density at radius 2 is 1.86 bits per heavy atom. The molecule has 2 aromatic rings. The number of hydrogen-bond acceptors (Lipinski definition) is 1. The normalized spacial score (nSPS) is 12.3. The number of nitrogens with one attached hydrogen (secondary N) is 1. The fourth-order valence-corrected chi connectivity index (χ4v) is 2.55. The van der Waals surface area contributed by atoms with Crippen LogP contribution in [0.4, 0.5) is 4.39 Å². The molecule has 0 heterocycles. The molecule has 0 fully saturated rings. The summed E-state index contributed by atoms with van der Waals surface area (Å²) in [7, 11) is 0. The molecule has 0 radical (unpaired) electrons.